The monoisotopic (exact) mass is 310 g/mol. The van der Waals surface area contributed by atoms with Gasteiger partial charge in [0.25, 0.3) is 0 Å². The molecule has 7 heteroatoms. The molecule has 0 aliphatic carbocycles. The minimum Gasteiger partial charge on any atom is -0.418 e. The van der Waals surface area contributed by atoms with E-state index in [4.69, 9.17) is 12.2 Å². The van der Waals surface area contributed by atoms with E-state index >= 15 is 0 Å². The van der Waals surface area contributed by atoms with E-state index in [0.29, 0.717) is 18.1 Å². The van der Waals surface area contributed by atoms with E-state index in [0.717, 1.165) is 12.2 Å². The van der Waals surface area contributed by atoms with Crippen LogP contribution in [-0.4, -0.2) is 28.4 Å². The van der Waals surface area contributed by atoms with Crippen LogP contribution in [-0.2, 0) is 9.59 Å². The maximum atomic E-state index is 12.0. The van der Waals surface area contributed by atoms with Crippen molar-refractivity contribution in [1.82, 2.24) is 5.32 Å². The van der Waals surface area contributed by atoms with Crippen molar-refractivity contribution in [3.8, 4) is 0 Å². The Hall–Kier alpha value is 0.380. The molecule has 1 unspecified atom stereocenters. The van der Waals surface area contributed by atoms with Gasteiger partial charge in [-0.2, -0.15) is 11.8 Å². The van der Waals surface area contributed by atoms with Crippen LogP contribution >= 0.6 is 24.0 Å². The second kappa shape index (κ2) is 8.62. The van der Waals surface area contributed by atoms with Crippen molar-refractivity contribution in [2.24, 2.45) is 11.3 Å². The van der Waals surface area contributed by atoms with Gasteiger partial charge in [-0.15, -0.1) is 0 Å². The van der Waals surface area contributed by atoms with Gasteiger partial charge in [0.1, 0.15) is 0 Å². The second-order valence-corrected chi connectivity index (χ2v) is 6.34. The Morgan fingerprint density at radius 3 is 2.53 bits per heavy atom. The fourth-order valence-electron chi connectivity index (χ4n) is 1.65. The van der Waals surface area contributed by atoms with Gasteiger partial charge < -0.3 is 10.6 Å². The zero-order valence-corrected chi connectivity index (χ0v) is 15.6. The first-order valence-electron chi connectivity index (χ1n) is 6.11. The summed E-state index contributed by atoms with van der Waals surface area (Å²) in [6, 6.07) is 0. The molecule has 1 atom stereocenters. The minimum absolute atomic E-state index is 0. The molecule has 1 aliphatic heterocycles. The summed E-state index contributed by atoms with van der Waals surface area (Å²) >= 11 is 6.39. The Kier molecular flexibility index (Phi) is 8.79. The molecule has 19 heavy (non-hydrogen) atoms. The second-order valence-electron chi connectivity index (χ2n) is 4.85. The van der Waals surface area contributed by atoms with E-state index < -0.39 is 11.3 Å². The number of thiocarbonyl (C=S) groups is 1. The summed E-state index contributed by atoms with van der Waals surface area (Å²) in [5, 5.41) is 6.20. The molecule has 0 aromatic rings. The summed E-state index contributed by atoms with van der Waals surface area (Å²) in [5.41, 5.74) is -1.02. The molecule has 1 N–H and O–H groups in total. The summed E-state index contributed by atoms with van der Waals surface area (Å²) in [5.74, 6) is 1.36. The quantitative estimate of drug-likeness (QED) is 0.310. The summed E-state index contributed by atoms with van der Waals surface area (Å²) in [6.45, 7) is 6.15. The predicted molar refractivity (Wildman–Crippen MR) is 78.6 cm³/mol. The molecule has 4 nitrogen and oxygen atoms in total. The third-order valence-electron chi connectivity index (χ3n) is 3.06. The standard InChI is InChI=1S/C12H20N2O2S2.Na/c1-4-12(7-18-6-5-8(2)3)9(15)13-11(17)14-10(12)16;/h8H,4-7H2,1-3H3,(H2,13,14,15,16,17);/q;+1/p-1. The molecule has 1 heterocycles. The van der Waals surface area contributed by atoms with Crippen LogP contribution in [0.1, 0.15) is 33.6 Å². The van der Waals surface area contributed by atoms with Gasteiger partial charge in [-0.05, 0) is 24.5 Å². The number of amides is 2. The number of hydrogen-bond acceptors (Lipinski definition) is 4. The van der Waals surface area contributed by atoms with Gasteiger partial charge in [-0.25, -0.2) is 0 Å². The summed E-state index contributed by atoms with van der Waals surface area (Å²) in [4.78, 5) is 24.0. The number of carbonyl (C=O) groups is 2. The third kappa shape index (κ3) is 5.01. The first-order chi connectivity index (χ1) is 8.42. The van der Waals surface area contributed by atoms with E-state index in [2.05, 4.69) is 24.5 Å². The Bertz CT molecular complexity index is 342. The van der Waals surface area contributed by atoms with Crippen molar-refractivity contribution < 1.29 is 39.1 Å². The van der Waals surface area contributed by atoms with E-state index in [1.807, 2.05) is 6.92 Å². The smallest absolute Gasteiger partial charge is 0.418 e. The van der Waals surface area contributed by atoms with Crippen molar-refractivity contribution in [2.45, 2.75) is 33.6 Å². The van der Waals surface area contributed by atoms with Crippen LogP contribution in [0.25, 0.3) is 5.32 Å². The molecule has 0 aromatic heterocycles. The molecule has 0 radical (unpaired) electrons. The largest absolute Gasteiger partial charge is 1.00 e. The molecule has 1 rings (SSSR count). The van der Waals surface area contributed by atoms with Crippen molar-refractivity contribution in [2.75, 3.05) is 11.5 Å². The van der Waals surface area contributed by atoms with Gasteiger partial charge in [0.2, 0.25) is 0 Å². The Labute approximate surface area is 146 Å². The van der Waals surface area contributed by atoms with Crippen LogP contribution in [0.3, 0.4) is 0 Å². The maximum Gasteiger partial charge on any atom is 1.00 e. The molecule has 1 aliphatic rings. The van der Waals surface area contributed by atoms with Gasteiger partial charge in [0.15, 0.2) is 11.8 Å². The van der Waals surface area contributed by atoms with Gasteiger partial charge in [0, 0.05) is 10.9 Å². The van der Waals surface area contributed by atoms with Crippen LogP contribution in [0, 0.1) is 11.3 Å². The Balaban J connectivity index is 0.00000324. The fourth-order valence-corrected chi connectivity index (χ4v) is 3.41. The third-order valence-corrected chi connectivity index (χ3v) is 4.47. The molecular formula is C12H19N2NaO2S2. The summed E-state index contributed by atoms with van der Waals surface area (Å²) in [7, 11) is 0. The zero-order valence-electron chi connectivity index (χ0n) is 12.0. The molecule has 2 amide bonds. The van der Waals surface area contributed by atoms with Gasteiger partial charge in [-0.3, -0.25) is 9.59 Å². The first-order valence-corrected chi connectivity index (χ1v) is 7.68. The minimum atomic E-state index is -1.02. The molecule has 0 bridgehead atoms. The average molecular weight is 310 g/mol. The molecule has 0 aromatic carbocycles. The van der Waals surface area contributed by atoms with Crippen LogP contribution in [0.15, 0.2) is 0 Å². The summed E-state index contributed by atoms with van der Waals surface area (Å²) in [6.07, 6.45) is 1.54. The molecule has 1 fully saturated rings. The molecular weight excluding hydrogens is 291 g/mol. The SMILES string of the molecule is CCC1(CSCCC(C)C)C(=O)[N-]C(=S)NC1=O.[Na+]. The van der Waals surface area contributed by atoms with E-state index in [-0.39, 0.29) is 40.6 Å². The van der Waals surface area contributed by atoms with E-state index in [1.54, 1.807) is 11.8 Å². The molecule has 1 saturated heterocycles. The predicted octanol–water partition coefficient (Wildman–Crippen LogP) is -0.519. The first kappa shape index (κ1) is 19.4. The van der Waals surface area contributed by atoms with Crippen LogP contribution < -0.4 is 34.9 Å². The van der Waals surface area contributed by atoms with Crippen molar-refractivity contribution >= 4 is 40.9 Å². The Morgan fingerprint density at radius 2 is 2.05 bits per heavy atom. The number of nitrogens with zero attached hydrogens (tertiary/aromatic N) is 1. The van der Waals surface area contributed by atoms with Crippen LogP contribution in [0.5, 0.6) is 0 Å². The number of carbonyl (C=O) groups excluding carboxylic acids is 2. The van der Waals surface area contributed by atoms with Crippen molar-refractivity contribution in [3.05, 3.63) is 5.32 Å². The summed E-state index contributed by atoms with van der Waals surface area (Å²) < 4.78 is 0. The molecule has 0 saturated carbocycles. The Morgan fingerprint density at radius 1 is 1.42 bits per heavy atom. The molecule has 0 spiro atoms. The van der Waals surface area contributed by atoms with Gasteiger partial charge >= 0.3 is 29.6 Å². The normalized spacial score (nSPS) is 22.8. The van der Waals surface area contributed by atoms with Gasteiger partial charge in [0.05, 0.1) is 5.41 Å². The maximum absolute atomic E-state index is 12.0. The zero-order chi connectivity index (χ0) is 13.8. The van der Waals surface area contributed by atoms with Crippen LogP contribution in [0.2, 0.25) is 0 Å². The van der Waals surface area contributed by atoms with Crippen molar-refractivity contribution in [3.63, 3.8) is 0 Å². The fraction of sp³-hybridized carbons (Fsp3) is 0.750. The van der Waals surface area contributed by atoms with E-state index in [9.17, 15) is 9.59 Å². The van der Waals surface area contributed by atoms with Gasteiger partial charge in [-0.1, -0.05) is 33.0 Å². The van der Waals surface area contributed by atoms with E-state index in [1.165, 1.54) is 0 Å². The number of nitrogens with one attached hydrogen (secondary N) is 1. The average Bonchev–Trinajstić information content (AvgIpc) is 2.27. The van der Waals surface area contributed by atoms with Crippen LogP contribution in [0.4, 0.5) is 0 Å². The number of thioether (sulfide) groups is 1. The van der Waals surface area contributed by atoms with Crippen molar-refractivity contribution in [1.29, 1.82) is 0 Å². The molecule has 102 valence electrons. The number of rotatable bonds is 6. The number of hydrogen-bond donors (Lipinski definition) is 1. The topological polar surface area (TPSA) is 60.3 Å².